The van der Waals surface area contributed by atoms with E-state index in [1.807, 2.05) is 0 Å². The van der Waals surface area contributed by atoms with Crippen LogP contribution in [-0.2, 0) is 0 Å². The number of carbonyl (C=O) groups excluding carboxylic acids is 2. The molecule has 1 aromatic heterocycles. The fourth-order valence-electron chi connectivity index (χ4n) is 2.09. The van der Waals surface area contributed by atoms with Gasteiger partial charge in [-0.15, -0.1) is 11.3 Å². The number of anilines is 2. The highest BCUT2D eigenvalue weighted by Gasteiger charge is 2.27. The summed E-state index contributed by atoms with van der Waals surface area (Å²) in [7, 11) is 1.53. The normalized spacial score (nSPS) is 14.8. The number of hydrogen-bond acceptors (Lipinski definition) is 5. The molecule has 7 heteroatoms. The molecule has 0 radical (unpaired) electrons. The molecule has 0 aromatic carbocycles. The molecule has 0 saturated carbocycles. The van der Waals surface area contributed by atoms with Crippen LogP contribution in [0.25, 0.3) is 0 Å². The van der Waals surface area contributed by atoms with Crippen molar-refractivity contribution in [2.45, 2.75) is 12.8 Å². The number of hydrogen-bond donors (Lipinski definition) is 3. The molecule has 98 valence electrons. The van der Waals surface area contributed by atoms with Crippen LogP contribution in [-0.4, -0.2) is 32.0 Å². The van der Waals surface area contributed by atoms with Gasteiger partial charge in [-0.2, -0.15) is 0 Å². The highest BCUT2D eigenvalue weighted by Crippen LogP contribution is 2.39. The predicted octanol–water partition coefficient (Wildman–Crippen LogP) is 0.389. The molecule has 0 spiro atoms. The molecule has 0 aliphatic carbocycles. The van der Waals surface area contributed by atoms with Crippen molar-refractivity contribution in [2.75, 3.05) is 30.8 Å². The van der Waals surface area contributed by atoms with Crippen LogP contribution in [0.3, 0.4) is 0 Å². The number of rotatable bonds is 3. The lowest BCUT2D eigenvalue weighted by Crippen LogP contribution is -2.22. The third-order valence-electron chi connectivity index (χ3n) is 3.00. The third kappa shape index (κ3) is 2.01. The lowest BCUT2D eigenvalue weighted by molar-refractivity contribution is 0.0967. The average Bonchev–Trinajstić information content (AvgIpc) is 2.94. The van der Waals surface area contributed by atoms with Crippen molar-refractivity contribution in [3.63, 3.8) is 0 Å². The monoisotopic (exact) mass is 268 g/mol. The number of thiophene rings is 1. The van der Waals surface area contributed by atoms with E-state index < -0.39 is 5.91 Å². The maximum Gasteiger partial charge on any atom is 0.263 e. The molecule has 1 aliphatic rings. The van der Waals surface area contributed by atoms with Crippen LogP contribution < -0.4 is 21.7 Å². The van der Waals surface area contributed by atoms with E-state index in [2.05, 4.69) is 10.2 Å². The molecule has 1 fully saturated rings. The molecule has 2 heterocycles. The van der Waals surface area contributed by atoms with E-state index in [1.54, 1.807) is 0 Å². The van der Waals surface area contributed by atoms with Gasteiger partial charge in [0.25, 0.3) is 11.8 Å². The zero-order valence-electron chi connectivity index (χ0n) is 10.2. The predicted molar refractivity (Wildman–Crippen MR) is 72.1 cm³/mol. The largest absolute Gasteiger partial charge is 0.397 e. The molecule has 1 saturated heterocycles. The Morgan fingerprint density at radius 1 is 1.33 bits per heavy atom. The van der Waals surface area contributed by atoms with Crippen LogP contribution in [0.15, 0.2) is 0 Å². The number of primary amides is 1. The van der Waals surface area contributed by atoms with E-state index in [9.17, 15) is 9.59 Å². The smallest absolute Gasteiger partial charge is 0.263 e. The summed E-state index contributed by atoms with van der Waals surface area (Å²) in [5.74, 6) is -0.869. The Balaban J connectivity index is 2.50. The summed E-state index contributed by atoms with van der Waals surface area (Å²) < 4.78 is 0. The van der Waals surface area contributed by atoms with Crippen molar-refractivity contribution in [1.29, 1.82) is 0 Å². The van der Waals surface area contributed by atoms with Crippen molar-refractivity contribution in [3.05, 3.63) is 10.4 Å². The highest BCUT2D eigenvalue weighted by atomic mass is 32.1. The van der Waals surface area contributed by atoms with Crippen LogP contribution >= 0.6 is 11.3 Å². The molecule has 18 heavy (non-hydrogen) atoms. The minimum atomic E-state index is -0.583. The van der Waals surface area contributed by atoms with Crippen LogP contribution in [0.2, 0.25) is 0 Å². The van der Waals surface area contributed by atoms with Gasteiger partial charge < -0.3 is 21.7 Å². The second-order valence-electron chi connectivity index (χ2n) is 4.16. The highest BCUT2D eigenvalue weighted by molar-refractivity contribution is 7.19. The Morgan fingerprint density at radius 3 is 2.44 bits per heavy atom. The molecule has 1 aromatic rings. The van der Waals surface area contributed by atoms with E-state index in [1.165, 1.54) is 18.4 Å². The molecule has 0 bridgehead atoms. The third-order valence-corrected chi connectivity index (χ3v) is 4.26. The van der Waals surface area contributed by atoms with Gasteiger partial charge in [0.2, 0.25) is 0 Å². The summed E-state index contributed by atoms with van der Waals surface area (Å²) in [6.07, 6.45) is 2.15. The minimum Gasteiger partial charge on any atom is -0.397 e. The van der Waals surface area contributed by atoms with Gasteiger partial charge in [-0.05, 0) is 12.8 Å². The second kappa shape index (κ2) is 4.85. The maximum atomic E-state index is 11.7. The van der Waals surface area contributed by atoms with Gasteiger partial charge in [0, 0.05) is 20.1 Å². The Labute approximate surface area is 109 Å². The lowest BCUT2D eigenvalue weighted by atomic mass is 10.2. The number of nitrogens with one attached hydrogen (secondary N) is 1. The van der Waals surface area contributed by atoms with Gasteiger partial charge in [0.05, 0.1) is 11.3 Å². The number of nitrogen functional groups attached to an aromatic ring is 1. The van der Waals surface area contributed by atoms with Crippen LogP contribution in [0, 0.1) is 0 Å². The first-order valence-electron chi connectivity index (χ1n) is 5.75. The molecular weight excluding hydrogens is 252 g/mol. The molecule has 0 atom stereocenters. The summed E-state index contributed by atoms with van der Waals surface area (Å²) in [5.41, 5.74) is 11.7. The average molecular weight is 268 g/mol. The van der Waals surface area contributed by atoms with Gasteiger partial charge in [-0.25, -0.2) is 0 Å². The Bertz CT molecular complexity index is 491. The Morgan fingerprint density at radius 2 is 1.94 bits per heavy atom. The minimum absolute atomic E-state index is 0.189. The molecular formula is C11H16N4O2S. The number of nitrogens with two attached hydrogens (primary N) is 2. The van der Waals surface area contributed by atoms with Crippen molar-refractivity contribution in [1.82, 2.24) is 5.32 Å². The molecule has 2 rings (SSSR count). The number of nitrogens with zero attached hydrogens (tertiary/aromatic N) is 1. The van der Waals surface area contributed by atoms with Crippen molar-refractivity contribution in [2.24, 2.45) is 5.73 Å². The maximum absolute atomic E-state index is 11.7. The first-order valence-corrected chi connectivity index (χ1v) is 6.57. The summed E-state index contributed by atoms with van der Waals surface area (Å²) in [5, 5.41) is 3.23. The standard InChI is InChI=1S/C11H16N4O2S/c1-14-10(17)8-7(12)6(9(13)16)11(18-8)15-4-2-3-5-15/h2-5,12H2,1H3,(H2,13,16)(H,14,17). The van der Waals surface area contributed by atoms with E-state index in [0.717, 1.165) is 30.9 Å². The SMILES string of the molecule is CNC(=O)c1sc(N2CCCC2)c(C(N)=O)c1N. The van der Waals surface area contributed by atoms with Gasteiger partial charge in [-0.3, -0.25) is 9.59 Å². The summed E-state index contributed by atoms with van der Waals surface area (Å²) in [6.45, 7) is 1.74. The fourth-order valence-corrected chi connectivity index (χ4v) is 3.32. The Kier molecular flexibility index (Phi) is 3.42. The number of amides is 2. The Hall–Kier alpha value is -1.76. The van der Waals surface area contributed by atoms with Gasteiger partial charge in [-0.1, -0.05) is 0 Å². The van der Waals surface area contributed by atoms with Crippen LogP contribution in [0.1, 0.15) is 32.9 Å². The van der Waals surface area contributed by atoms with E-state index >= 15 is 0 Å². The van der Waals surface area contributed by atoms with Gasteiger partial charge in [0.1, 0.15) is 9.88 Å². The lowest BCUT2D eigenvalue weighted by Gasteiger charge is -2.16. The van der Waals surface area contributed by atoms with E-state index in [-0.39, 0.29) is 17.2 Å². The zero-order chi connectivity index (χ0) is 13.3. The quantitative estimate of drug-likeness (QED) is 0.738. The molecule has 2 amide bonds. The topological polar surface area (TPSA) is 101 Å². The van der Waals surface area contributed by atoms with Crippen molar-refractivity contribution < 1.29 is 9.59 Å². The first-order chi connectivity index (χ1) is 8.56. The molecule has 0 unspecified atom stereocenters. The number of carbonyl (C=O) groups is 2. The summed E-state index contributed by atoms with van der Waals surface area (Å²) >= 11 is 1.23. The van der Waals surface area contributed by atoms with Gasteiger partial charge in [0.15, 0.2) is 0 Å². The van der Waals surface area contributed by atoms with Crippen LogP contribution in [0.4, 0.5) is 10.7 Å². The van der Waals surface area contributed by atoms with Crippen molar-refractivity contribution in [3.8, 4) is 0 Å². The van der Waals surface area contributed by atoms with Crippen molar-refractivity contribution >= 4 is 33.8 Å². The fraction of sp³-hybridized carbons (Fsp3) is 0.455. The van der Waals surface area contributed by atoms with Crippen LogP contribution in [0.5, 0.6) is 0 Å². The summed E-state index contributed by atoms with van der Waals surface area (Å²) in [4.78, 5) is 25.6. The van der Waals surface area contributed by atoms with E-state index in [4.69, 9.17) is 11.5 Å². The summed E-state index contributed by atoms with van der Waals surface area (Å²) in [6, 6.07) is 0. The first kappa shape index (κ1) is 12.7. The zero-order valence-corrected chi connectivity index (χ0v) is 11.0. The molecule has 5 N–H and O–H groups in total. The second-order valence-corrected chi connectivity index (χ2v) is 5.16. The van der Waals surface area contributed by atoms with Gasteiger partial charge >= 0.3 is 0 Å². The molecule has 1 aliphatic heterocycles. The van der Waals surface area contributed by atoms with E-state index in [0.29, 0.717) is 4.88 Å². The molecule has 6 nitrogen and oxygen atoms in total.